The number of rotatable bonds is 6. The maximum Gasteiger partial charge on any atom is 0.191 e. The Morgan fingerprint density at radius 2 is 2.16 bits per heavy atom. The third-order valence-corrected chi connectivity index (χ3v) is 5.40. The minimum atomic E-state index is -2.95. The van der Waals surface area contributed by atoms with E-state index in [0.717, 1.165) is 0 Å². The van der Waals surface area contributed by atoms with Crippen LogP contribution < -0.4 is 15.4 Å². The van der Waals surface area contributed by atoms with E-state index in [9.17, 15) is 12.8 Å². The number of halogens is 2. The van der Waals surface area contributed by atoms with Gasteiger partial charge < -0.3 is 15.4 Å². The quantitative estimate of drug-likeness (QED) is 0.367. The lowest BCUT2D eigenvalue weighted by Gasteiger charge is -2.15. The minimum Gasteiger partial charge on any atom is -0.491 e. The molecule has 0 radical (unpaired) electrons. The van der Waals surface area contributed by atoms with Gasteiger partial charge in [0.05, 0.1) is 24.7 Å². The molecule has 0 spiro atoms. The number of nitrogens with one attached hydrogen (secondary N) is 2. The topological polar surface area (TPSA) is 79.8 Å². The van der Waals surface area contributed by atoms with Gasteiger partial charge in [-0.1, -0.05) is 6.07 Å². The van der Waals surface area contributed by atoms with E-state index in [0.29, 0.717) is 31.1 Å². The Morgan fingerprint density at radius 1 is 1.40 bits per heavy atom. The molecule has 1 atom stereocenters. The average Bonchev–Trinajstić information content (AvgIpc) is 2.86. The van der Waals surface area contributed by atoms with Gasteiger partial charge in [0.15, 0.2) is 27.4 Å². The summed E-state index contributed by atoms with van der Waals surface area (Å²) in [4.78, 5) is 4.40. The summed E-state index contributed by atoms with van der Waals surface area (Å²) < 4.78 is 42.1. The van der Waals surface area contributed by atoms with Crippen LogP contribution in [0.5, 0.6) is 5.75 Å². The third kappa shape index (κ3) is 6.96. The predicted molar refractivity (Wildman–Crippen MR) is 108 cm³/mol. The van der Waals surface area contributed by atoms with Crippen molar-refractivity contribution < 1.29 is 17.5 Å². The Hall–Kier alpha value is -1.10. The molecule has 2 N–H and O–H groups in total. The Bertz CT molecular complexity index is 698. The number of benzene rings is 1. The molecule has 1 unspecified atom stereocenters. The van der Waals surface area contributed by atoms with Crippen LogP contribution in [0, 0.1) is 5.82 Å². The first-order valence-electron chi connectivity index (χ1n) is 8.10. The van der Waals surface area contributed by atoms with Gasteiger partial charge in [-0.25, -0.2) is 17.8 Å². The highest BCUT2D eigenvalue weighted by atomic mass is 127. The molecule has 1 aromatic rings. The number of hydrogen-bond acceptors (Lipinski definition) is 4. The first-order chi connectivity index (χ1) is 11.4. The molecular weight excluding hydrogens is 460 g/mol. The summed E-state index contributed by atoms with van der Waals surface area (Å²) >= 11 is 0. The Labute approximate surface area is 165 Å². The van der Waals surface area contributed by atoms with E-state index in [1.165, 1.54) is 6.07 Å². The van der Waals surface area contributed by atoms with Crippen molar-refractivity contribution in [2.24, 2.45) is 4.99 Å². The normalized spacial score (nSPS) is 19.2. The van der Waals surface area contributed by atoms with Crippen molar-refractivity contribution in [2.75, 3.05) is 24.7 Å². The molecule has 6 nitrogen and oxygen atoms in total. The van der Waals surface area contributed by atoms with Crippen LogP contribution in [0.15, 0.2) is 23.2 Å². The van der Waals surface area contributed by atoms with Crippen LogP contribution in [0.25, 0.3) is 0 Å². The number of sulfone groups is 1. The van der Waals surface area contributed by atoms with Crippen LogP contribution in [-0.2, 0) is 16.4 Å². The molecule has 1 aliphatic heterocycles. The van der Waals surface area contributed by atoms with Crippen LogP contribution in [0.4, 0.5) is 4.39 Å². The van der Waals surface area contributed by atoms with E-state index in [-0.39, 0.29) is 53.8 Å². The molecule has 0 aromatic heterocycles. The van der Waals surface area contributed by atoms with Gasteiger partial charge in [-0.2, -0.15) is 0 Å². The molecule has 142 valence electrons. The number of nitrogens with zero attached hydrogens (tertiary/aromatic N) is 1. The van der Waals surface area contributed by atoms with Crippen LogP contribution in [0.3, 0.4) is 0 Å². The summed E-state index contributed by atoms with van der Waals surface area (Å²) in [5.74, 6) is 0.674. The van der Waals surface area contributed by atoms with E-state index in [4.69, 9.17) is 4.74 Å². The van der Waals surface area contributed by atoms with Crippen molar-refractivity contribution in [3.05, 3.63) is 29.6 Å². The highest BCUT2D eigenvalue weighted by Crippen LogP contribution is 2.18. The van der Waals surface area contributed by atoms with Crippen LogP contribution in [-0.4, -0.2) is 45.1 Å². The fourth-order valence-electron chi connectivity index (χ4n) is 2.51. The zero-order valence-corrected chi connectivity index (χ0v) is 17.6. The van der Waals surface area contributed by atoms with Gasteiger partial charge in [0.1, 0.15) is 0 Å². The Morgan fingerprint density at radius 3 is 2.72 bits per heavy atom. The summed E-state index contributed by atoms with van der Waals surface area (Å²) in [5, 5.41) is 6.21. The van der Waals surface area contributed by atoms with Crippen molar-refractivity contribution in [1.82, 2.24) is 10.6 Å². The van der Waals surface area contributed by atoms with Crippen LogP contribution in [0.2, 0.25) is 0 Å². The molecule has 2 rings (SSSR count). The molecule has 0 aliphatic carbocycles. The molecular formula is C16H25FIN3O3S. The first kappa shape index (κ1) is 21.9. The lowest BCUT2D eigenvalue weighted by molar-refractivity contribution is 0.321. The predicted octanol–water partition coefficient (Wildman–Crippen LogP) is 2.08. The highest BCUT2D eigenvalue weighted by molar-refractivity contribution is 14.0. The molecule has 1 saturated heterocycles. The van der Waals surface area contributed by atoms with Crippen molar-refractivity contribution >= 4 is 39.8 Å². The molecule has 0 amide bonds. The molecule has 0 bridgehead atoms. The zero-order chi connectivity index (χ0) is 17.6. The van der Waals surface area contributed by atoms with E-state index < -0.39 is 15.7 Å². The average molecular weight is 485 g/mol. The first-order valence-corrected chi connectivity index (χ1v) is 9.92. The molecule has 1 aliphatic rings. The molecule has 1 aromatic carbocycles. The van der Waals surface area contributed by atoms with Crippen molar-refractivity contribution in [3.8, 4) is 5.75 Å². The molecule has 9 heteroatoms. The Kier molecular flexibility index (Phi) is 8.91. The summed E-state index contributed by atoms with van der Waals surface area (Å²) in [6.07, 6.45) is 0.574. The second kappa shape index (κ2) is 10.1. The van der Waals surface area contributed by atoms with Gasteiger partial charge in [-0.05, 0) is 38.0 Å². The number of hydrogen-bond donors (Lipinski definition) is 2. The highest BCUT2D eigenvalue weighted by Gasteiger charge is 2.28. The SMILES string of the molecule is CCNC(=NCc1ccc(OCC)c(F)c1)NC1CCS(=O)(=O)C1.I. The third-order valence-electron chi connectivity index (χ3n) is 3.63. The van der Waals surface area contributed by atoms with Gasteiger partial charge in [0.25, 0.3) is 0 Å². The maximum atomic E-state index is 13.9. The largest absolute Gasteiger partial charge is 0.491 e. The lowest BCUT2D eigenvalue weighted by atomic mass is 10.2. The summed E-state index contributed by atoms with van der Waals surface area (Å²) in [6.45, 7) is 5.09. The maximum absolute atomic E-state index is 13.9. The van der Waals surface area contributed by atoms with Gasteiger partial charge in [0.2, 0.25) is 0 Å². The fraction of sp³-hybridized carbons (Fsp3) is 0.562. The van der Waals surface area contributed by atoms with Crippen molar-refractivity contribution in [3.63, 3.8) is 0 Å². The number of aliphatic imine (C=N–C) groups is 1. The second-order valence-electron chi connectivity index (χ2n) is 5.64. The molecule has 25 heavy (non-hydrogen) atoms. The Balaban J connectivity index is 0.00000312. The fourth-order valence-corrected chi connectivity index (χ4v) is 4.18. The summed E-state index contributed by atoms with van der Waals surface area (Å²) in [7, 11) is -2.95. The van der Waals surface area contributed by atoms with Gasteiger partial charge in [-0.15, -0.1) is 24.0 Å². The zero-order valence-electron chi connectivity index (χ0n) is 14.4. The van der Waals surface area contributed by atoms with Crippen LogP contribution >= 0.6 is 24.0 Å². The minimum absolute atomic E-state index is 0. The summed E-state index contributed by atoms with van der Waals surface area (Å²) in [6, 6.07) is 4.62. The molecule has 1 heterocycles. The monoisotopic (exact) mass is 485 g/mol. The van der Waals surface area contributed by atoms with E-state index >= 15 is 0 Å². The van der Waals surface area contributed by atoms with Crippen molar-refractivity contribution in [2.45, 2.75) is 32.9 Å². The molecule has 1 fully saturated rings. The smallest absolute Gasteiger partial charge is 0.191 e. The second-order valence-corrected chi connectivity index (χ2v) is 7.87. The van der Waals surface area contributed by atoms with Gasteiger partial charge in [-0.3, -0.25) is 0 Å². The number of guanidine groups is 1. The van der Waals surface area contributed by atoms with Gasteiger partial charge in [0, 0.05) is 12.6 Å². The van der Waals surface area contributed by atoms with E-state index in [1.807, 2.05) is 6.92 Å². The van der Waals surface area contributed by atoms with Crippen molar-refractivity contribution in [1.29, 1.82) is 0 Å². The van der Waals surface area contributed by atoms with E-state index in [2.05, 4.69) is 15.6 Å². The standard InChI is InChI=1S/C16H24FN3O3S.HI/c1-3-18-16(20-13-7-8-24(21,22)11-13)19-10-12-5-6-15(23-4-2)14(17)9-12;/h5-6,9,13H,3-4,7-8,10-11H2,1-2H3,(H2,18,19,20);1H. The summed E-state index contributed by atoms with van der Waals surface area (Å²) in [5.41, 5.74) is 0.715. The van der Waals surface area contributed by atoms with Crippen LogP contribution in [0.1, 0.15) is 25.8 Å². The number of ether oxygens (including phenoxy) is 1. The van der Waals surface area contributed by atoms with Gasteiger partial charge >= 0.3 is 0 Å². The van der Waals surface area contributed by atoms with E-state index in [1.54, 1.807) is 19.1 Å². The lowest BCUT2D eigenvalue weighted by Crippen LogP contribution is -2.44. The molecule has 0 saturated carbocycles.